The molecule has 2 nitrogen and oxygen atoms in total. The molecule has 0 unspecified atom stereocenters. The maximum Gasteiger partial charge on any atom is 0.418 e. The van der Waals surface area contributed by atoms with E-state index >= 15 is 0 Å². The van der Waals surface area contributed by atoms with Crippen LogP contribution in [0.1, 0.15) is 11.1 Å². The van der Waals surface area contributed by atoms with Crippen LogP contribution < -0.4 is 11.1 Å². The van der Waals surface area contributed by atoms with Crippen LogP contribution in [0.15, 0.2) is 30.3 Å². The molecule has 0 atom stereocenters. The van der Waals surface area contributed by atoms with Gasteiger partial charge in [0.1, 0.15) is 11.6 Å². The maximum absolute atomic E-state index is 13.7. The van der Waals surface area contributed by atoms with Crippen LogP contribution in [-0.4, -0.2) is 0 Å². The van der Waals surface area contributed by atoms with Crippen molar-refractivity contribution in [3.8, 4) is 0 Å². The average molecular weight is 302 g/mol. The van der Waals surface area contributed by atoms with E-state index in [2.05, 4.69) is 5.32 Å². The van der Waals surface area contributed by atoms with Gasteiger partial charge in [0.2, 0.25) is 0 Å². The zero-order valence-corrected chi connectivity index (χ0v) is 10.9. The normalized spacial score (nSPS) is 11.5. The molecule has 0 spiro atoms. The highest BCUT2D eigenvalue weighted by atomic mass is 19.4. The molecule has 0 aliphatic rings. The minimum Gasteiger partial charge on any atom is -0.398 e. The fraction of sp³-hybridized carbons (Fsp3) is 0.143. The van der Waals surface area contributed by atoms with Crippen LogP contribution in [-0.2, 0) is 6.18 Å². The highest BCUT2D eigenvalue weighted by Gasteiger charge is 2.33. The Hall–Kier alpha value is -2.31. The number of hydrogen-bond acceptors (Lipinski definition) is 2. The van der Waals surface area contributed by atoms with E-state index < -0.39 is 29.1 Å². The summed E-state index contributed by atoms with van der Waals surface area (Å²) < 4.78 is 65.2. The second-order valence-electron chi connectivity index (χ2n) is 4.51. The Morgan fingerprint density at radius 1 is 1.00 bits per heavy atom. The zero-order valence-electron chi connectivity index (χ0n) is 10.9. The SMILES string of the molecule is Cc1cc(F)c(Nc2ccc(N)c(C(F)(F)F)c2)cc1F. The van der Waals surface area contributed by atoms with Crippen molar-refractivity contribution in [2.24, 2.45) is 0 Å². The molecule has 7 heteroatoms. The lowest BCUT2D eigenvalue weighted by molar-refractivity contribution is -0.136. The molecule has 2 aromatic rings. The molecule has 21 heavy (non-hydrogen) atoms. The third kappa shape index (κ3) is 3.24. The fourth-order valence-corrected chi connectivity index (χ4v) is 1.78. The first kappa shape index (κ1) is 15.1. The Bertz CT molecular complexity index is 680. The van der Waals surface area contributed by atoms with Crippen LogP contribution in [0.4, 0.5) is 39.0 Å². The Labute approximate surface area is 117 Å². The Morgan fingerprint density at radius 2 is 1.67 bits per heavy atom. The molecule has 0 radical (unpaired) electrons. The van der Waals surface area contributed by atoms with Gasteiger partial charge in [-0.2, -0.15) is 13.2 Å². The summed E-state index contributed by atoms with van der Waals surface area (Å²) in [7, 11) is 0. The van der Waals surface area contributed by atoms with Crippen molar-refractivity contribution in [3.63, 3.8) is 0 Å². The number of rotatable bonds is 2. The highest BCUT2D eigenvalue weighted by molar-refractivity contribution is 5.65. The monoisotopic (exact) mass is 302 g/mol. The molecule has 0 heterocycles. The smallest absolute Gasteiger partial charge is 0.398 e. The van der Waals surface area contributed by atoms with Gasteiger partial charge < -0.3 is 11.1 Å². The summed E-state index contributed by atoms with van der Waals surface area (Å²) in [5, 5.41) is 2.41. The van der Waals surface area contributed by atoms with Crippen molar-refractivity contribution in [2.45, 2.75) is 13.1 Å². The van der Waals surface area contributed by atoms with E-state index in [1.165, 1.54) is 13.0 Å². The summed E-state index contributed by atoms with van der Waals surface area (Å²) in [6, 6.07) is 4.88. The molecule has 0 fully saturated rings. The van der Waals surface area contributed by atoms with Crippen LogP contribution in [0.25, 0.3) is 0 Å². The van der Waals surface area contributed by atoms with Crippen LogP contribution in [0, 0.1) is 18.6 Å². The van der Waals surface area contributed by atoms with Crippen molar-refractivity contribution >= 4 is 17.1 Å². The predicted molar refractivity (Wildman–Crippen MR) is 70.2 cm³/mol. The number of anilines is 3. The summed E-state index contributed by atoms with van der Waals surface area (Å²) in [5.74, 6) is -1.43. The number of aryl methyl sites for hydroxylation is 1. The van der Waals surface area contributed by atoms with Gasteiger partial charge in [0, 0.05) is 17.4 Å². The lowest BCUT2D eigenvalue weighted by Crippen LogP contribution is -2.09. The summed E-state index contributed by atoms with van der Waals surface area (Å²) in [4.78, 5) is 0. The molecule has 0 aliphatic heterocycles. The van der Waals surface area contributed by atoms with E-state index in [9.17, 15) is 22.0 Å². The van der Waals surface area contributed by atoms with Crippen molar-refractivity contribution < 1.29 is 22.0 Å². The quantitative estimate of drug-likeness (QED) is 0.627. The van der Waals surface area contributed by atoms with Gasteiger partial charge in [0.15, 0.2) is 0 Å². The van der Waals surface area contributed by atoms with Crippen molar-refractivity contribution in [1.82, 2.24) is 0 Å². The van der Waals surface area contributed by atoms with Gasteiger partial charge in [-0.1, -0.05) is 0 Å². The lowest BCUT2D eigenvalue weighted by atomic mass is 10.1. The number of alkyl halides is 3. The molecule has 0 amide bonds. The minimum absolute atomic E-state index is 0.0429. The average Bonchev–Trinajstić information content (AvgIpc) is 2.37. The minimum atomic E-state index is -4.63. The Balaban J connectivity index is 2.39. The first-order chi connectivity index (χ1) is 9.68. The summed E-state index contributed by atoms with van der Waals surface area (Å²) in [5.41, 5.74) is 3.59. The molecule has 2 aromatic carbocycles. The standard InChI is InChI=1S/C14H11F5N2/c1-7-4-11(16)13(6-10(7)15)21-8-2-3-12(20)9(5-8)14(17,18)19/h2-6,21H,20H2,1H3. The van der Waals surface area contributed by atoms with Crippen molar-refractivity contribution in [3.05, 3.63) is 53.1 Å². The molecular weight excluding hydrogens is 291 g/mol. The Morgan fingerprint density at radius 3 is 2.29 bits per heavy atom. The van der Waals surface area contributed by atoms with E-state index in [1.54, 1.807) is 0 Å². The molecule has 0 saturated carbocycles. The van der Waals surface area contributed by atoms with Crippen molar-refractivity contribution in [2.75, 3.05) is 11.1 Å². The van der Waals surface area contributed by atoms with Crippen LogP contribution in [0.3, 0.4) is 0 Å². The molecule has 112 valence electrons. The first-order valence-electron chi connectivity index (χ1n) is 5.88. The number of benzene rings is 2. The molecule has 0 aromatic heterocycles. The van der Waals surface area contributed by atoms with E-state index in [4.69, 9.17) is 5.73 Å². The third-order valence-electron chi connectivity index (χ3n) is 2.89. The van der Waals surface area contributed by atoms with E-state index in [0.717, 1.165) is 24.3 Å². The topological polar surface area (TPSA) is 38.0 Å². The lowest BCUT2D eigenvalue weighted by Gasteiger charge is -2.14. The predicted octanol–water partition coefficient (Wildman–Crippen LogP) is 4.62. The fourth-order valence-electron chi connectivity index (χ4n) is 1.78. The van der Waals surface area contributed by atoms with Gasteiger partial charge in [0.25, 0.3) is 0 Å². The molecule has 0 aliphatic carbocycles. The van der Waals surface area contributed by atoms with Gasteiger partial charge in [-0.15, -0.1) is 0 Å². The molecule has 0 bridgehead atoms. The summed E-state index contributed by atoms with van der Waals surface area (Å²) in [6.07, 6.45) is -4.63. The van der Waals surface area contributed by atoms with Gasteiger partial charge in [-0.3, -0.25) is 0 Å². The largest absolute Gasteiger partial charge is 0.418 e. The number of nitrogens with one attached hydrogen (secondary N) is 1. The van der Waals surface area contributed by atoms with E-state index in [-0.39, 0.29) is 16.9 Å². The van der Waals surface area contributed by atoms with Crippen LogP contribution in [0.5, 0.6) is 0 Å². The molecular formula is C14H11F5N2. The number of nitrogen functional groups attached to an aromatic ring is 1. The highest BCUT2D eigenvalue weighted by Crippen LogP contribution is 2.36. The number of hydrogen-bond donors (Lipinski definition) is 2. The summed E-state index contributed by atoms with van der Waals surface area (Å²) >= 11 is 0. The molecule has 0 saturated heterocycles. The third-order valence-corrected chi connectivity index (χ3v) is 2.89. The molecule has 2 rings (SSSR count). The second kappa shape index (κ2) is 5.23. The number of nitrogens with two attached hydrogens (primary N) is 1. The molecule has 3 N–H and O–H groups in total. The van der Waals surface area contributed by atoms with Crippen LogP contribution >= 0.6 is 0 Å². The van der Waals surface area contributed by atoms with Gasteiger partial charge in [-0.25, -0.2) is 8.78 Å². The number of halogens is 5. The summed E-state index contributed by atoms with van der Waals surface area (Å²) in [6.45, 7) is 1.38. The zero-order chi connectivity index (χ0) is 15.8. The van der Waals surface area contributed by atoms with Gasteiger partial charge in [-0.05, 0) is 36.8 Å². The van der Waals surface area contributed by atoms with E-state index in [0.29, 0.717) is 0 Å². The first-order valence-corrected chi connectivity index (χ1v) is 5.88. The van der Waals surface area contributed by atoms with Crippen molar-refractivity contribution in [1.29, 1.82) is 0 Å². The van der Waals surface area contributed by atoms with Crippen LogP contribution in [0.2, 0.25) is 0 Å². The second-order valence-corrected chi connectivity index (χ2v) is 4.51. The Kier molecular flexibility index (Phi) is 3.76. The maximum atomic E-state index is 13.7. The van der Waals surface area contributed by atoms with Gasteiger partial charge >= 0.3 is 6.18 Å². The van der Waals surface area contributed by atoms with Gasteiger partial charge in [0.05, 0.1) is 11.3 Å². The van der Waals surface area contributed by atoms with E-state index in [1.807, 2.05) is 0 Å².